The zero-order chi connectivity index (χ0) is 7.28. The van der Waals surface area contributed by atoms with Crippen LogP contribution < -0.4 is 4.90 Å². The highest BCUT2D eigenvalue weighted by atomic mass is 16.5. The summed E-state index contributed by atoms with van der Waals surface area (Å²) in [6.07, 6.45) is 0. The molecular weight excluding hydrogens is 121 g/mol. The van der Waals surface area contributed by atoms with Crippen LogP contribution >= 0.6 is 0 Å². The summed E-state index contributed by atoms with van der Waals surface area (Å²) in [5.41, 5.74) is 0. The maximum Gasteiger partial charge on any atom is 0.302 e. The highest BCUT2D eigenvalue weighted by molar-refractivity contribution is 5.65. The van der Waals surface area contributed by atoms with E-state index in [0.717, 1.165) is 6.54 Å². The van der Waals surface area contributed by atoms with Crippen molar-refractivity contribution in [2.45, 2.75) is 6.92 Å². The van der Waals surface area contributed by atoms with Crippen LogP contribution in [0.4, 0.5) is 0 Å². The van der Waals surface area contributed by atoms with Gasteiger partial charge in [0.05, 0.1) is 14.1 Å². The van der Waals surface area contributed by atoms with Crippen molar-refractivity contribution in [2.24, 2.45) is 0 Å². The second kappa shape index (κ2) is 4.32. The average Bonchev–Trinajstić information content (AvgIpc) is 1.63. The molecule has 0 aliphatic carbocycles. The molecule has 0 bridgehead atoms. The first-order valence-electron chi connectivity index (χ1n) is 3.05. The third kappa shape index (κ3) is 7.43. The largest absolute Gasteiger partial charge is 0.460 e. The van der Waals surface area contributed by atoms with Crippen LogP contribution in [0, 0.1) is 0 Å². The van der Waals surface area contributed by atoms with Crippen molar-refractivity contribution in [3.8, 4) is 0 Å². The molecule has 9 heavy (non-hydrogen) atoms. The molecule has 3 heteroatoms. The zero-order valence-electron chi connectivity index (χ0n) is 6.23. The lowest BCUT2D eigenvalue weighted by Crippen LogP contribution is -3.06. The average molecular weight is 135 g/mol. The van der Waals surface area contributed by atoms with Crippen LogP contribution in [0.15, 0.2) is 0 Å². The molecule has 0 aliphatic rings. The van der Waals surface area contributed by atoms with E-state index in [1.807, 2.05) is 14.1 Å². The smallest absolute Gasteiger partial charge is 0.302 e. The van der Waals surface area contributed by atoms with Crippen LogP contribution in [-0.4, -0.2) is 33.2 Å². The number of esters is 1. The predicted molar refractivity (Wildman–Crippen MR) is 34.3 cm³/mol. The van der Waals surface area contributed by atoms with Crippen molar-refractivity contribution >= 4 is 5.97 Å². The van der Waals surface area contributed by atoms with Gasteiger partial charge in [0, 0.05) is 6.92 Å². The van der Waals surface area contributed by atoms with E-state index < -0.39 is 0 Å². The molecule has 0 aliphatic heterocycles. The first-order valence-corrected chi connectivity index (χ1v) is 3.05. The molecule has 0 amide bonds. The Morgan fingerprint density at radius 3 is 2.44 bits per heavy atom. The summed E-state index contributed by atoms with van der Waals surface area (Å²) in [4.78, 5) is 11.5. The minimum absolute atomic E-state index is 0.198. The van der Waals surface area contributed by atoms with Gasteiger partial charge in [-0.25, -0.2) is 0 Å². The molecule has 0 heterocycles. The third-order valence-corrected chi connectivity index (χ3v) is 0.907. The molecule has 3 nitrogen and oxygen atoms in total. The molecule has 0 saturated carbocycles. The Hall–Kier alpha value is -0.570. The van der Waals surface area contributed by atoms with E-state index >= 15 is 0 Å². The second-order valence-corrected chi connectivity index (χ2v) is 2.30. The fraction of sp³-hybridized carbons (Fsp3) is 0.833. The molecule has 0 radical (unpaired) electrons. The maximum absolute atomic E-state index is 10.2. The number of nitrogens with one attached hydrogen (secondary N) is 1. The Kier molecular flexibility index (Phi) is 4.05. The number of ether oxygens (including phenoxy) is 1. The third-order valence-electron chi connectivity index (χ3n) is 0.907. The van der Waals surface area contributed by atoms with Gasteiger partial charge in [0.25, 0.3) is 0 Å². The molecule has 54 valence electrons. The van der Waals surface area contributed by atoms with E-state index in [9.17, 15) is 4.79 Å². The minimum atomic E-state index is -0.198. The van der Waals surface area contributed by atoms with Crippen molar-refractivity contribution < 1.29 is 14.4 Å². The lowest BCUT2D eigenvalue weighted by molar-refractivity contribution is -0.858. The Balaban J connectivity index is 3.01. The van der Waals surface area contributed by atoms with Crippen LogP contribution in [0.2, 0.25) is 0 Å². The van der Waals surface area contributed by atoms with Crippen LogP contribution in [0.1, 0.15) is 6.92 Å². The van der Waals surface area contributed by atoms with Crippen molar-refractivity contribution in [3.05, 3.63) is 0 Å². The molecule has 0 rings (SSSR count). The van der Waals surface area contributed by atoms with E-state index in [1.165, 1.54) is 11.8 Å². The lowest BCUT2D eigenvalue weighted by Gasteiger charge is -2.05. The maximum atomic E-state index is 10.2. The van der Waals surface area contributed by atoms with Gasteiger partial charge in [-0.05, 0) is 0 Å². The first-order chi connectivity index (χ1) is 4.13. The fourth-order valence-electron chi connectivity index (χ4n) is 0.399. The summed E-state index contributed by atoms with van der Waals surface area (Å²) in [5.74, 6) is -0.198. The molecule has 0 fully saturated rings. The number of carbonyl (C=O) groups is 1. The van der Waals surface area contributed by atoms with Gasteiger partial charge in [-0.3, -0.25) is 4.79 Å². The van der Waals surface area contributed by atoms with Crippen molar-refractivity contribution in [2.75, 3.05) is 27.2 Å². The monoisotopic (exact) mass is 135 g/mol. The molecule has 0 aromatic carbocycles. The molecule has 0 aromatic heterocycles. The van der Waals surface area contributed by atoms with Gasteiger partial charge in [0.15, 0.2) is 0 Å². The number of carbonyl (C=O) groups excluding carboxylic acids is 1. The molecular formula is C6H14NO2+. The van der Waals surface area contributed by atoms with Gasteiger partial charge < -0.3 is 9.64 Å². The van der Waals surface area contributed by atoms with Gasteiger partial charge in [-0.2, -0.15) is 0 Å². The Bertz CT molecular complexity index is 91.1. The quantitative estimate of drug-likeness (QED) is 0.296. The standard InChI is InChI=1S/C6H13NO2/c1-6(8)9-5-4-7(2)3/h4-5H2,1-3H3/p+1/i2+1,3+1,7+1. The van der Waals surface area contributed by atoms with Crippen LogP contribution in [0.3, 0.4) is 0 Å². The van der Waals surface area contributed by atoms with Crippen molar-refractivity contribution in [3.63, 3.8) is 0 Å². The summed E-state index contributed by atoms with van der Waals surface area (Å²) >= 11 is 0. The number of likely N-dealkylation sites (N-methyl/N-ethyl adjacent to an activating group) is 1. The molecule has 0 aromatic rings. The number of quaternary nitrogens is 1. The minimum Gasteiger partial charge on any atom is -0.460 e. The van der Waals surface area contributed by atoms with Crippen LogP contribution in [-0.2, 0) is 9.53 Å². The van der Waals surface area contributed by atoms with Gasteiger partial charge in [0.1, 0.15) is 13.2 Å². The second-order valence-electron chi connectivity index (χ2n) is 2.30. The van der Waals surface area contributed by atoms with Crippen LogP contribution in [0.5, 0.6) is 0 Å². The SMILES string of the molecule is CC(=O)OCC[15NH+]([13CH3])[13CH3]. The number of rotatable bonds is 3. The van der Waals surface area contributed by atoms with E-state index in [-0.39, 0.29) is 5.97 Å². The summed E-state index contributed by atoms with van der Waals surface area (Å²) in [6, 6.07) is 0. The van der Waals surface area contributed by atoms with Crippen LogP contribution in [0.25, 0.3) is 0 Å². The van der Waals surface area contributed by atoms with E-state index in [0.29, 0.717) is 6.61 Å². The zero-order valence-corrected chi connectivity index (χ0v) is 6.23. The van der Waals surface area contributed by atoms with Gasteiger partial charge >= 0.3 is 5.97 Å². The summed E-state index contributed by atoms with van der Waals surface area (Å²) in [5, 5.41) is 0. The Morgan fingerprint density at radius 2 is 2.11 bits per heavy atom. The van der Waals surface area contributed by atoms with Gasteiger partial charge in [-0.15, -0.1) is 0 Å². The molecule has 0 saturated heterocycles. The van der Waals surface area contributed by atoms with Crippen molar-refractivity contribution in [1.82, 2.24) is 0 Å². The highest BCUT2D eigenvalue weighted by Crippen LogP contribution is 1.70. The summed E-state index contributed by atoms with van der Waals surface area (Å²) in [6.45, 7) is 2.82. The molecule has 0 atom stereocenters. The predicted octanol–water partition coefficient (Wildman–Crippen LogP) is -1.31. The summed E-state index contributed by atoms with van der Waals surface area (Å²) < 4.78 is 4.69. The lowest BCUT2D eigenvalue weighted by atomic mass is 10.7. The molecule has 1 N–H and O–H groups in total. The van der Waals surface area contributed by atoms with Gasteiger partial charge in [0.2, 0.25) is 0 Å². The van der Waals surface area contributed by atoms with E-state index in [1.54, 1.807) is 0 Å². The number of hydrogen-bond donors (Lipinski definition) is 1. The Labute approximate surface area is 55.6 Å². The van der Waals surface area contributed by atoms with E-state index in [2.05, 4.69) is 0 Å². The fourth-order valence-corrected chi connectivity index (χ4v) is 0.399. The molecule has 0 unspecified atom stereocenters. The van der Waals surface area contributed by atoms with Crippen molar-refractivity contribution in [1.29, 1.82) is 0 Å². The topological polar surface area (TPSA) is 30.7 Å². The highest BCUT2D eigenvalue weighted by Gasteiger charge is 1.94. The number of hydrogen-bond acceptors (Lipinski definition) is 2. The van der Waals surface area contributed by atoms with Gasteiger partial charge in [-0.1, -0.05) is 0 Å². The summed E-state index contributed by atoms with van der Waals surface area (Å²) in [7, 11) is 4.03. The van der Waals surface area contributed by atoms with E-state index in [4.69, 9.17) is 4.74 Å². The molecule has 0 spiro atoms. The normalized spacial score (nSPS) is 9.78. The first kappa shape index (κ1) is 8.43. The Morgan fingerprint density at radius 1 is 1.56 bits per heavy atom.